The van der Waals surface area contributed by atoms with Gasteiger partial charge in [0, 0.05) is 17.8 Å². The number of likely N-dealkylation sites (N-methyl/N-ethyl adjacent to an activating group) is 1. The van der Waals surface area contributed by atoms with Crippen molar-refractivity contribution in [3.05, 3.63) is 83.4 Å². The van der Waals surface area contributed by atoms with Crippen LogP contribution < -0.4 is 10.3 Å². The molecule has 0 aromatic heterocycles. The molecule has 1 aliphatic rings. The molecular formula is C27H29N3O. The molecule has 4 nitrogen and oxygen atoms in total. The quantitative estimate of drug-likeness (QED) is 0.442. The summed E-state index contributed by atoms with van der Waals surface area (Å²) >= 11 is 0. The highest BCUT2D eigenvalue weighted by Gasteiger charge is 2.29. The molecular weight excluding hydrogens is 382 g/mol. The lowest BCUT2D eigenvalue weighted by molar-refractivity contribution is -0.120. The summed E-state index contributed by atoms with van der Waals surface area (Å²) in [6, 6.07) is 20.5. The van der Waals surface area contributed by atoms with Crippen LogP contribution in [0.15, 0.2) is 71.8 Å². The van der Waals surface area contributed by atoms with E-state index in [0.29, 0.717) is 6.42 Å². The number of carbonyl (C=O) groups is 1. The van der Waals surface area contributed by atoms with Crippen LogP contribution in [0.2, 0.25) is 0 Å². The van der Waals surface area contributed by atoms with Crippen molar-refractivity contribution in [2.24, 2.45) is 5.10 Å². The van der Waals surface area contributed by atoms with Crippen LogP contribution in [0.25, 0.3) is 16.3 Å². The zero-order chi connectivity index (χ0) is 22.0. The maximum atomic E-state index is 12.4. The Bertz CT molecular complexity index is 1180. The zero-order valence-corrected chi connectivity index (χ0v) is 18.6. The maximum absolute atomic E-state index is 12.4. The molecule has 3 aromatic rings. The van der Waals surface area contributed by atoms with Crippen molar-refractivity contribution in [3.8, 4) is 0 Å². The third kappa shape index (κ3) is 4.24. The summed E-state index contributed by atoms with van der Waals surface area (Å²) in [4.78, 5) is 14.8. The molecule has 0 bridgehead atoms. The molecule has 1 amide bonds. The summed E-state index contributed by atoms with van der Waals surface area (Å²) in [6.07, 6.45) is 4.32. The third-order valence-electron chi connectivity index (χ3n) is 5.95. The van der Waals surface area contributed by atoms with Gasteiger partial charge in [-0.2, -0.15) is 5.10 Å². The van der Waals surface area contributed by atoms with E-state index in [2.05, 4.69) is 79.5 Å². The van der Waals surface area contributed by atoms with E-state index in [1.54, 1.807) is 6.21 Å². The Morgan fingerprint density at radius 1 is 1.10 bits per heavy atom. The Kier molecular flexibility index (Phi) is 5.64. The fourth-order valence-electron chi connectivity index (χ4n) is 4.60. The number of hydrogen-bond donors (Lipinski definition) is 1. The number of allylic oxidation sites excluding steroid dienone is 1. The molecule has 0 fully saturated rings. The minimum atomic E-state index is -0.124. The van der Waals surface area contributed by atoms with Crippen molar-refractivity contribution >= 4 is 34.2 Å². The first-order valence-corrected chi connectivity index (χ1v) is 10.8. The van der Waals surface area contributed by atoms with Crippen molar-refractivity contribution in [1.82, 2.24) is 5.43 Å². The second kappa shape index (κ2) is 8.38. The van der Waals surface area contributed by atoms with Gasteiger partial charge in [-0.25, -0.2) is 5.43 Å². The van der Waals surface area contributed by atoms with Crippen LogP contribution in [-0.4, -0.2) is 24.2 Å². The van der Waals surface area contributed by atoms with Gasteiger partial charge in [-0.1, -0.05) is 54.6 Å². The molecule has 31 heavy (non-hydrogen) atoms. The highest BCUT2D eigenvalue weighted by atomic mass is 16.2. The van der Waals surface area contributed by atoms with Gasteiger partial charge in [0.2, 0.25) is 5.91 Å². The van der Waals surface area contributed by atoms with Gasteiger partial charge in [-0.3, -0.25) is 4.79 Å². The predicted octanol–water partition coefficient (Wildman–Crippen LogP) is 5.55. The van der Waals surface area contributed by atoms with Gasteiger partial charge in [-0.15, -0.1) is 0 Å². The lowest BCUT2D eigenvalue weighted by atomic mass is 9.88. The summed E-state index contributed by atoms with van der Waals surface area (Å²) in [6.45, 7) is 9.76. The van der Waals surface area contributed by atoms with Gasteiger partial charge < -0.3 is 4.90 Å². The van der Waals surface area contributed by atoms with Crippen LogP contribution >= 0.6 is 0 Å². The summed E-state index contributed by atoms with van der Waals surface area (Å²) < 4.78 is 0. The molecule has 0 aliphatic carbocycles. The van der Waals surface area contributed by atoms with Crippen molar-refractivity contribution in [2.75, 3.05) is 11.4 Å². The van der Waals surface area contributed by atoms with Crippen LogP contribution in [0.3, 0.4) is 0 Å². The number of benzene rings is 3. The Morgan fingerprint density at radius 3 is 2.68 bits per heavy atom. The zero-order valence-electron chi connectivity index (χ0n) is 18.6. The lowest BCUT2D eigenvalue weighted by Crippen LogP contribution is -2.44. The van der Waals surface area contributed by atoms with E-state index >= 15 is 0 Å². The number of rotatable bonds is 5. The molecule has 0 saturated carbocycles. The van der Waals surface area contributed by atoms with Crippen LogP contribution in [0, 0.1) is 0 Å². The monoisotopic (exact) mass is 411 g/mol. The van der Waals surface area contributed by atoms with Gasteiger partial charge in [0.05, 0.1) is 18.2 Å². The van der Waals surface area contributed by atoms with Gasteiger partial charge in [0.1, 0.15) is 0 Å². The Labute approximate surface area is 184 Å². The smallest absolute Gasteiger partial charge is 0.244 e. The Balaban J connectivity index is 1.47. The minimum Gasteiger partial charge on any atom is -0.363 e. The van der Waals surface area contributed by atoms with Crippen molar-refractivity contribution in [1.29, 1.82) is 0 Å². The maximum Gasteiger partial charge on any atom is 0.244 e. The molecule has 0 saturated heterocycles. The fraction of sp³-hybridized carbons (Fsp3) is 0.259. The number of carbonyl (C=O) groups excluding carboxylic acids is 1. The summed E-state index contributed by atoms with van der Waals surface area (Å²) in [5.74, 6) is -0.124. The summed E-state index contributed by atoms with van der Waals surface area (Å²) in [7, 11) is 0. The molecule has 4 rings (SSSR count). The van der Waals surface area contributed by atoms with Crippen LogP contribution in [0.4, 0.5) is 5.69 Å². The number of hydrazone groups is 1. The average molecular weight is 412 g/mol. The summed E-state index contributed by atoms with van der Waals surface area (Å²) in [5.41, 5.74) is 8.36. The molecule has 0 unspecified atom stereocenters. The molecule has 0 spiro atoms. The van der Waals surface area contributed by atoms with E-state index in [4.69, 9.17) is 0 Å². The van der Waals surface area contributed by atoms with E-state index in [-0.39, 0.29) is 11.4 Å². The number of nitrogens with one attached hydrogen (secondary N) is 1. The normalized spacial score (nSPS) is 15.1. The van der Waals surface area contributed by atoms with Crippen molar-refractivity contribution in [2.45, 2.75) is 39.7 Å². The molecule has 3 aromatic carbocycles. The topological polar surface area (TPSA) is 44.7 Å². The van der Waals surface area contributed by atoms with Crippen LogP contribution in [0.1, 0.15) is 44.4 Å². The van der Waals surface area contributed by atoms with Gasteiger partial charge in [0.25, 0.3) is 0 Å². The molecule has 1 aliphatic heterocycles. The first-order chi connectivity index (χ1) is 14.9. The van der Waals surface area contributed by atoms with E-state index in [0.717, 1.165) is 28.4 Å². The van der Waals surface area contributed by atoms with Gasteiger partial charge in [0.15, 0.2) is 0 Å². The molecule has 1 heterocycles. The lowest BCUT2D eigenvalue weighted by Gasteiger charge is -2.42. The predicted molar refractivity (Wildman–Crippen MR) is 131 cm³/mol. The first-order valence-electron chi connectivity index (χ1n) is 10.8. The number of hydrogen-bond acceptors (Lipinski definition) is 3. The van der Waals surface area contributed by atoms with E-state index in [1.807, 2.05) is 30.3 Å². The Hall–Kier alpha value is -3.40. The van der Waals surface area contributed by atoms with Crippen molar-refractivity contribution in [3.63, 3.8) is 0 Å². The number of anilines is 1. The summed E-state index contributed by atoms with van der Waals surface area (Å²) in [5, 5.41) is 6.44. The molecule has 0 atom stereocenters. The van der Waals surface area contributed by atoms with Gasteiger partial charge in [-0.05, 0) is 67.3 Å². The van der Waals surface area contributed by atoms with Crippen LogP contribution in [-0.2, 0) is 11.2 Å². The number of amides is 1. The minimum absolute atomic E-state index is 0.00295. The molecule has 1 N–H and O–H groups in total. The first kappa shape index (κ1) is 20.9. The van der Waals surface area contributed by atoms with E-state index < -0.39 is 0 Å². The molecule has 0 radical (unpaired) electrons. The van der Waals surface area contributed by atoms with Gasteiger partial charge >= 0.3 is 0 Å². The number of fused-ring (bicyclic) bond motifs is 2. The Morgan fingerprint density at radius 2 is 1.87 bits per heavy atom. The SMILES string of the molecule is CCN1c2ccc(/C=N\NC(=O)Cc3cccc4ccccc34)cc2C(C)=CC1(C)C. The highest BCUT2D eigenvalue weighted by Crippen LogP contribution is 2.38. The number of nitrogens with zero attached hydrogens (tertiary/aromatic N) is 2. The molecule has 4 heteroatoms. The fourth-order valence-corrected chi connectivity index (χ4v) is 4.60. The second-order valence-corrected chi connectivity index (χ2v) is 8.61. The van der Waals surface area contributed by atoms with E-state index in [9.17, 15) is 4.79 Å². The average Bonchev–Trinajstić information content (AvgIpc) is 2.74. The van der Waals surface area contributed by atoms with Crippen molar-refractivity contribution < 1.29 is 4.79 Å². The largest absolute Gasteiger partial charge is 0.363 e. The third-order valence-corrected chi connectivity index (χ3v) is 5.95. The van der Waals surface area contributed by atoms with Crippen LogP contribution in [0.5, 0.6) is 0 Å². The van der Waals surface area contributed by atoms with E-state index in [1.165, 1.54) is 16.8 Å². The highest BCUT2D eigenvalue weighted by molar-refractivity contribution is 5.91. The second-order valence-electron chi connectivity index (χ2n) is 8.61. The standard InChI is InChI=1S/C27H29N3O/c1-5-30-25-14-13-20(15-24(25)19(2)17-27(30,3)4)18-28-29-26(31)16-22-11-8-10-21-9-6-7-12-23(21)22/h6-15,17-18H,5,16H2,1-4H3,(H,29,31)/b28-18-. The molecule has 158 valence electrons.